The van der Waals surface area contributed by atoms with Crippen LogP contribution < -0.4 is 10.6 Å². The van der Waals surface area contributed by atoms with Crippen LogP contribution in [-0.2, 0) is 9.53 Å². The Morgan fingerprint density at radius 1 is 1.37 bits per heavy atom. The maximum Gasteiger partial charge on any atom is 0.236 e. The van der Waals surface area contributed by atoms with Crippen LogP contribution in [0.5, 0.6) is 0 Å². The van der Waals surface area contributed by atoms with Gasteiger partial charge < -0.3 is 15.4 Å². The fourth-order valence-corrected chi connectivity index (χ4v) is 3.22. The lowest BCUT2D eigenvalue weighted by Gasteiger charge is -2.30. The van der Waals surface area contributed by atoms with Crippen LogP contribution in [0.2, 0.25) is 0 Å². The molecule has 0 bridgehead atoms. The second-order valence-corrected chi connectivity index (χ2v) is 6.37. The Balaban J connectivity index is 2.15. The van der Waals surface area contributed by atoms with Gasteiger partial charge in [0.25, 0.3) is 0 Å². The van der Waals surface area contributed by atoms with Crippen molar-refractivity contribution < 1.29 is 9.53 Å². The van der Waals surface area contributed by atoms with Gasteiger partial charge >= 0.3 is 0 Å². The quantitative estimate of drug-likeness (QED) is 0.669. The van der Waals surface area contributed by atoms with Gasteiger partial charge in [-0.1, -0.05) is 0 Å². The lowest BCUT2D eigenvalue weighted by atomic mass is 9.94. The van der Waals surface area contributed by atoms with Crippen LogP contribution in [0, 0.1) is 0 Å². The van der Waals surface area contributed by atoms with Gasteiger partial charge in [0.05, 0.1) is 6.04 Å². The van der Waals surface area contributed by atoms with Gasteiger partial charge in [0.1, 0.15) is 0 Å². The molecule has 0 spiro atoms. The molecule has 1 unspecified atom stereocenters. The molecule has 4 nitrogen and oxygen atoms in total. The minimum Gasteiger partial charge on any atom is -0.385 e. The molecule has 1 rings (SSSR count). The van der Waals surface area contributed by atoms with Crippen LogP contribution in [0.15, 0.2) is 0 Å². The van der Waals surface area contributed by atoms with Gasteiger partial charge in [-0.2, -0.15) is 11.8 Å². The molecular formula is C14H28N2O2S. The zero-order valence-electron chi connectivity index (χ0n) is 12.4. The summed E-state index contributed by atoms with van der Waals surface area (Å²) in [6.07, 6.45) is 7.96. The number of thioether (sulfide) groups is 1. The lowest BCUT2D eigenvalue weighted by Crippen LogP contribution is -2.48. The Bertz CT molecular complexity index is 256. The number of hydrogen-bond donors (Lipinski definition) is 2. The van der Waals surface area contributed by atoms with Crippen molar-refractivity contribution in [2.24, 2.45) is 0 Å². The summed E-state index contributed by atoms with van der Waals surface area (Å²) >= 11 is 1.97. The van der Waals surface area contributed by atoms with E-state index < -0.39 is 0 Å². The van der Waals surface area contributed by atoms with Crippen LogP contribution in [0.4, 0.5) is 0 Å². The molecule has 1 atom stereocenters. The first-order valence-corrected chi connectivity index (χ1v) is 8.51. The van der Waals surface area contributed by atoms with Crippen molar-refractivity contribution in [2.75, 3.05) is 26.5 Å². The summed E-state index contributed by atoms with van der Waals surface area (Å²) in [6, 6.07) is 0.404. The van der Waals surface area contributed by atoms with E-state index in [4.69, 9.17) is 4.74 Å². The van der Waals surface area contributed by atoms with Crippen molar-refractivity contribution in [3.05, 3.63) is 0 Å². The minimum absolute atomic E-state index is 0.0987. The highest BCUT2D eigenvalue weighted by Crippen LogP contribution is 2.26. The van der Waals surface area contributed by atoms with Crippen molar-refractivity contribution in [3.63, 3.8) is 0 Å². The van der Waals surface area contributed by atoms with Crippen LogP contribution in [0.25, 0.3) is 0 Å². The average Bonchev–Trinajstić information content (AvgIpc) is 2.44. The number of hydrogen-bond acceptors (Lipinski definition) is 4. The molecule has 1 fully saturated rings. The van der Waals surface area contributed by atoms with E-state index in [-0.39, 0.29) is 11.9 Å². The van der Waals surface area contributed by atoms with Gasteiger partial charge in [-0.25, -0.2) is 0 Å². The average molecular weight is 288 g/mol. The second-order valence-electron chi connectivity index (χ2n) is 5.24. The van der Waals surface area contributed by atoms with E-state index in [1.54, 1.807) is 7.11 Å². The minimum atomic E-state index is -0.0987. The van der Waals surface area contributed by atoms with Crippen molar-refractivity contribution in [2.45, 2.75) is 56.4 Å². The number of nitrogens with one attached hydrogen (secondary N) is 2. The summed E-state index contributed by atoms with van der Waals surface area (Å²) in [5.74, 6) is 0.100. The number of rotatable bonds is 8. The number of ether oxygens (including phenoxy) is 1. The highest BCUT2D eigenvalue weighted by molar-refractivity contribution is 7.99. The summed E-state index contributed by atoms with van der Waals surface area (Å²) < 4.78 is 4.96. The molecule has 1 amide bonds. The summed E-state index contributed by atoms with van der Waals surface area (Å²) in [5, 5.41) is 7.21. The van der Waals surface area contributed by atoms with Crippen LogP contribution in [-0.4, -0.2) is 49.8 Å². The Hall–Kier alpha value is -0.260. The standard InChI is InChI=1S/C14H28N2O2S/c1-11(14(17)15-9-4-10-18-2)16-12-5-7-13(19-3)8-6-12/h11-13,16H,4-10H2,1-3H3,(H,15,17). The first-order chi connectivity index (χ1) is 9.17. The van der Waals surface area contributed by atoms with Crippen molar-refractivity contribution >= 4 is 17.7 Å². The van der Waals surface area contributed by atoms with Gasteiger partial charge in [0, 0.05) is 31.6 Å². The van der Waals surface area contributed by atoms with E-state index >= 15 is 0 Å². The third-order valence-corrected chi connectivity index (χ3v) is 4.85. The predicted molar refractivity (Wildman–Crippen MR) is 81.7 cm³/mol. The maximum absolute atomic E-state index is 11.9. The summed E-state index contributed by atoms with van der Waals surface area (Å²) in [4.78, 5) is 11.9. The highest BCUT2D eigenvalue weighted by Gasteiger charge is 2.23. The van der Waals surface area contributed by atoms with E-state index in [1.807, 2.05) is 18.7 Å². The molecule has 0 aliphatic heterocycles. The number of carbonyl (C=O) groups excluding carboxylic acids is 1. The van der Waals surface area contributed by atoms with Crippen molar-refractivity contribution in [1.82, 2.24) is 10.6 Å². The third-order valence-electron chi connectivity index (χ3n) is 3.71. The first kappa shape index (κ1) is 16.8. The van der Waals surface area contributed by atoms with Gasteiger partial charge in [-0.15, -0.1) is 0 Å². The predicted octanol–water partition coefficient (Wildman–Crippen LogP) is 1.79. The molecule has 19 heavy (non-hydrogen) atoms. The third kappa shape index (κ3) is 6.63. The molecule has 1 aliphatic rings. The zero-order chi connectivity index (χ0) is 14.1. The topological polar surface area (TPSA) is 50.4 Å². The Morgan fingerprint density at radius 3 is 2.63 bits per heavy atom. The van der Waals surface area contributed by atoms with Crippen LogP contribution >= 0.6 is 11.8 Å². The SMILES string of the molecule is COCCCNC(=O)C(C)NC1CCC(SC)CC1. The molecule has 112 valence electrons. The largest absolute Gasteiger partial charge is 0.385 e. The fourth-order valence-electron chi connectivity index (χ4n) is 2.48. The van der Waals surface area contributed by atoms with Crippen molar-refractivity contribution in [3.8, 4) is 0 Å². The molecule has 0 aromatic carbocycles. The zero-order valence-corrected chi connectivity index (χ0v) is 13.2. The smallest absolute Gasteiger partial charge is 0.236 e. The lowest BCUT2D eigenvalue weighted by molar-refractivity contribution is -0.123. The molecular weight excluding hydrogens is 260 g/mol. The van der Waals surface area contributed by atoms with Crippen LogP contribution in [0.3, 0.4) is 0 Å². The van der Waals surface area contributed by atoms with Crippen LogP contribution in [0.1, 0.15) is 39.0 Å². The molecule has 1 saturated carbocycles. The van der Waals surface area contributed by atoms with E-state index in [1.165, 1.54) is 25.7 Å². The molecule has 2 N–H and O–H groups in total. The molecule has 0 saturated heterocycles. The van der Waals surface area contributed by atoms with Gasteiger partial charge in [-0.3, -0.25) is 4.79 Å². The fraction of sp³-hybridized carbons (Fsp3) is 0.929. The van der Waals surface area contributed by atoms with E-state index in [2.05, 4.69) is 16.9 Å². The maximum atomic E-state index is 11.9. The second kappa shape index (κ2) is 9.61. The highest BCUT2D eigenvalue weighted by atomic mass is 32.2. The number of amides is 1. The monoisotopic (exact) mass is 288 g/mol. The molecule has 0 aromatic rings. The Morgan fingerprint density at radius 2 is 2.05 bits per heavy atom. The van der Waals surface area contributed by atoms with E-state index in [0.717, 1.165) is 11.7 Å². The van der Waals surface area contributed by atoms with Crippen molar-refractivity contribution in [1.29, 1.82) is 0 Å². The van der Waals surface area contributed by atoms with Gasteiger partial charge in [0.2, 0.25) is 5.91 Å². The Labute approximate surface area is 121 Å². The molecule has 5 heteroatoms. The molecule has 0 radical (unpaired) electrons. The first-order valence-electron chi connectivity index (χ1n) is 7.22. The normalized spacial score (nSPS) is 25.0. The summed E-state index contributed by atoms with van der Waals surface area (Å²) in [6.45, 7) is 3.34. The molecule has 0 heterocycles. The molecule has 1 aliphatic carbocycles. The summed E-state index contributed by atoms with van der Waals surface area (Å²) in [7, 11) is 1.68. The Kier molecular flexibility index (Phi) is 8.50. The van der Waals surface area contributed by atoms with Gasteiger partial charge in [0.15, 0.2) is 0 Å². The van der Waals surface area contributed by atoms with Gasteiger partial charge in [-0.05, 0) is 45.3 Å². The van der Waals surface area contributed by atoms with E-state index in [0.29, 0.717) is 19.2 Å². The van der Waals surface area contributed by atoms with E-state index in [9.17, 15) is 4.79 Å². The molecule has 0 aromatic heterocycles. The summed E-state index contributed by atoms with van der Waals surface area (Å²) in [5.41, 5.74) is 0. The number of carbonyl (C=O) groups is 1. The number of methoxy groups -OCH3 is 1.